The molecule has 0 unspecified atom stereocenters. The van der Waals surface area contributed by atoms with Gasteiger partial charge in [-0.25, -0.2) is 0 Å². The van der Waals surface area contributed by atoms with Gasteiger partial charge < -0.3 is 9.47 Å². The maximum Gasteiger partial charge on any atom is 0.231 e. The summed E-state index contributed by atoms with van der Waals surface area (Å²) in [7, 11) is 1.61. The molecule has 0 saturated carbocycles. The molecular weight excluding hydrogens is 264 g/mol. The molecule has 0 atom stereocenters. The number of benzene rings is 2. The van der Waals surface area contributed by atoms with Crippen LogP contribution in [0.2, 0.25) is 0 Å². The highest BCUT2D eigenvalue weighted by Crippen LogP contribution is 2.34. The number of allylic oxidation sites excluding steroid dienone is 1. The third-order valence-corrected chi connectivity index (χ3v) is 3.71. The summed E-state index contributed by atoms with van der Waals surface area (Å²) in [4.78, 5) is 12.4. The molecule has 1 heterocycles. The molecule has 0 aromatic heterocycles. The molecule has 0 amide bonds. The molecule has 3 heteroatoms. The van der Waals surface area contributed by atoms with E-state index in [-0.39, 0.29) is 5.78 Å². The Bertz CT molecular complexity index is 757. The lowest BCUT2D eigenvalue weighted by Gasteiger charge is -2.04. The van der Waals surface area contributed by atoms with Crippen LogP contribution >= 0.6 is 0 Å². The fourth-order valence-electron chi connectivity index (χ4n) is 2.37. The summed E-state index contributed by atoms with van der Waals surface area (Å²) in [6.07, 6.45) is 1.73. The Morgan fingerprint density at radius 3 is 2.57 bits per heavy atom. The zero-order valence-corrected chi connectivity index (χ0v) is 12.3. The monoisotopic (exact) mass is 280 g/mol. The minimum Gasteiger partial charge on any atom is -0.496 e. The number of ether oxygens (including phenoxy) is 2. The Balaban J connectivity index is 2.03. The number of aryl methyl sites for hydroxylation is 2. The van der Waals surface area contributed by atoms with E-state index in [0.29, 0.717) is 22.8 Å². The average Bonchev–Trinajstić information content (AvgIpc) is 2.77. The lowest BCUT2D eigenvalue weighted by atomic mass is 10.0. The predicted molar refractivity (Wildman–Crippen MR) is 81.8 cm³/mol. The van der Waals surface area contributed by atoms with E-state index in [2.05, 4.69) is 0 Å². The lowest BCUT2D eigenvalue weighted by Crippen LogP contribution is -1.99. The van der Waals surface area contributed by atoms with Crippen LogP contribution in [0.15, 0.2) is 42.2 Å². The van der Waals surface area contributed by atoms with Gasteiger partial charge in [0.1, 0.15) is 11.5 Å². The number of ketones is 1. The molecule has 0 radical (unpaired) electrons. The number of rotatable bonds is 2. The van der Waals surface area contributed by atoms with E-state index in [9.17, 15) is 4.79 Å². The van der Waals surface area contributed by atoms with E-state index in [1.54, 1.807) is 13.2 Å². The van der Waals surface area contributed by atoms with E-state index in [0.717, 1.165) is 16.7 Å². The van der Waals surface area contributed by atoms with Crippen molar-refractivity contribution in [1.29, 1.82) is 0 Å². The van der Waals surface area contributed by atoms with Gasteiger partial charge in [-0.1, -0.05) is 18.2 Å². The average molecular weight is 280 g/mol. The topological polar surface area (TPSA) is 35.5 Å². The van der Waals surface area contributed by atoms with Crippen molar-refractivity contribution >= 4 is 11.9 Å². The molecule has 3 nitrogen and oxygen atoms in total. The normalized spacial score (nSPS) is 15.0. The molecule has 0 saturated heterocycles. The zero-order chi connectivity index (χ0) is 15.0. The minimum absolute atomic E-state index is 0.0843. The molecule has 0 spiro atoms. The van der Waals surface area contributed by atoms with E-state index in [4.69, 9.17) is 9.47 Å². The zero-order valence-electron chi connectivity index (χ0n) is 12.3. The van der Waals surface area contributed by atoms with Gasteiger partial charge in [-0.05, 0) is 49.2 Å². The largest absolute Gasteiger partial charge is 0.496 e. The third kappa shape index (κ3) is 2.31. The van der Waals surface area contributed by atoms with Gasteiger partial charge in [0, 0.05) is 5.56 Å². The van der Waals surface area contributed by atoms with Crippen molar-refractivity contribution < 1.29 is 14.3 Å². The van der Waals surface area contributed by atoms with E-state index >= 15 is 0 Å². The van der Waals surface area contributed by atoms with E-state index in [1.165, 1.54) is 0 Å². The number of carbonyl (C=O) groups excluding carboxylic acids is 1. The first-order valence-electron chi connectivity index (χ1n) is 6.78. The standard InChI is InChI=1S/C18H16O3/c1-11-8-14-16(9-12(11)2)21-17(18(14)19)10-13-6-4-5-7-15(13)20-3/h4-10H,1-3H3/b17-10-. The number of methoxy groups -OCH3 is 1. The molecule has 0 bridgehead atoms. The van der Waals surface area contributed by atoms with Gasteiger partial charge in [-0.2, -0.15) is 0 Å². The summed E-state index contributed by atoms with van der Waals surface area (Å²) in [5.41, 5.74) is 3.65. The Hall–Kier alpha value is -2.55. The van der Waals surface area contributed by atoms with Crippen molar-refractivity contribution in [2.45, 2.75) is 13.8 Å². The summed E-state index contributed by atoms with van der Waals surface area (Å²) in [6, 6.07) is 11.3. The Morgan fingerprint density at radius 1 is 1.10 bits per heavy atom. The molecule has 106 valence electrons. The smallest absolute Gasteiger partial charge is 0.231 e. The number of Topliss-reactive ketones (excluding diaryl/α,β-unsaturated/α-hetero) is 1. The van der Waals surface area contributed by atoms with Crippen molar-refractivity contribution in [3.63, 3.8) is 0 Å². The van der Waals surface area contributed by atoms with Gasteiger partial charge in [0.2, 0.25) is 5.78 Å². The van der Waals surface area contributed by atoms with Crippen LogP contribution in [0.4, 0.5) is 0 Å². The number of para-hydroxylation sites is 1. The summed E-state index contributed by atoms with van der Waals surface area (Å²) in [6.45, 7) is 4.00. The molecule has 0 N–H and O–H groups in total. The van der Waals surface area contributed by atoms with Crippen LogP contribution in [-0.4, -0.2) is 12.9 Å². The Morgan fingerprint density at radius 2 is 1.81 bits per heavy atom. The van der Waals surface area contributed by atoms with Crippen LogP contribution in [0, 0.1) is 13.8 Å². The van der Waals surface area contributed by atoms with E-state index < -0.39 is 0 Å². The van der Waals surface area contributed by atoms with Crippen LogP contribution < -0.4 is 9.47 Å². The molecule has 2 aromatic carbocycles. The van der Waals surface area contributed by atoms with Crippen LogP contribution in [0.3, 0.4) is 0 Å². The maximum atomic E-state index is 12.4. The number of hydrogen-bond donors (Lipinski definition) is 0. The fraction of sp³-hybridized carbons (Fsp3) is 0.167. The number of hydrogen-bond acceptors (Lipinski definition) is 3. The highest BCUT2D eigenvalue weighted by molar-refractivity contribution is 6.14. The molecule has 1 aliphatic heterocycles. The van der Waals surface area contributed by atoms with Crippen LogP contribution in [0.1, 0.15) is 27.0 Å². The van der Waals surface area contributed by atoms with Crippen molar-refractivity contribution in [2.24, 2.45) is 0 Å². The van der Waals surface area contributed by atoms with Gasteiger partial charge in [-0.15, -0.1) is 0 Å². The van der Waals surface area contributed by atoms with Gasteiger partial charge >= 0.3 is 0 Å². The van der Waals surface area contributed by atoms with Gasteiger partial charge in [-0.3, -0.25) is 4.79 Å². The second-order valence-electron chi connectivity index (χ2n) is 5.11. The first-order valence-corrected chi connectivity index (χ1v) is 6.78. The highest BCUT2D eigenvalue weighted by Gasteiger charge is 2.28. The second kappa shape index (κ2) is 5.09. The summed E-state index contributed by atoms with van der Waals surface area (Å²) < 4.78 is 11.0. The minimum atomic E-state index is -0.0843. The SMILES string of the molecule is COc1ccccc1/C=C1\Oc2cc(C)c(C)cc2C1=O. The number of fused-ring (bicyclic) bond motifs is 1. The Kier molecular flexibility index (Phi) is 3.26. The number of carbonyl (C=O) groups is 1. The van der Waals surface area contributed by atoms with Gasteiger partial charge in [0.25, 0.3) is 0 Å². The Labute approximate surface area is 123 Å². The first-order chi connectivity index (χ1) is 10.1. The van der Waals surface area contributed by atoms with E-state index in [1.807, 2.05) is 50.2 Å². The highest BCUT2D eigenvalue weighted by atomic mass is 16.5. The summed E-state index contributed by atoms with van der Waals surface area (Å²) >= 11 is 0. The van der Waals surface area contributed by atoms with Crippen molar-refractivity contribution in [3.8, 4) is 11.5 Å². The fourth-order valence-corrected chi connectivity index (χ4v) is 2.37. The molecule has 2 aromatic rings. The molecule has 0 fully saturated rings. The van der Waals surface area contributed by atoms with Crippen LogP contribution in [-0.2, 0) is 0 Å². The molecule has 21 heavy (non-hydrogen) atoms. The quantitative estimate of drug-likeness (QED) is 0.782. The van der Waals surface area contributed by atoms with Gasteiger partial charge in [0.05, 0.1) is 12.7 Å². The lowest BCUT2D eigenvalue weighted by molar-refractivity contribution is 0.101. The molecule has 3 rings (SSSR count). The van der Waals surface area contributed by atoms with Crippen LogP contribution in [0.5, 0.6) is 11.5 Å². The summed E-state index contributed by atoms with van der Waals surface area (Å²) in [5, 5.41) is 0. The predicted octanol–water partition coefficient (Wildman–Crippen LogP) is 3.93. The van der Waals surface area contributed by atoms with Crippen molar-refractivity contribution in [3.05, 3.63) is 64.4 Å². The third-order valence-electron chi connectivity index (χ3n) is 3.71. The second-order valence-corrected chi connectivity index (χ2v) is 5.11. The summed E-state index contributed by atoms with van der Waals surface area (Å²) in [5.74, 6) is 1.59. The van der Waals surface area contributed by atoms with Gasteiger partial charge in [0.15, 0.2) is 5.76 Å². The molecule has 0 aliphatic carbocycles. The first kappa shape index (κ1) is 13.4. The molecule has 1 aliphatic rings. The van der Waals surface area contributed by atoms with Crippen LogP contribution in [0.25, 0.3) is 6.08 Å². The molecular formula is C18H16O3. The van der Waals surface area contributed by atoms with Crippen molar-refractivity contribution in [1.82, 2.24) is 0 Å². The maximum absolute atomic E-state index is 12.4. The van der Waals surface area contributed by atoms with Crippen molar-refractivity contribution in [2.75, 3.05) is 7.11 Å².